The second kappa shape index (κ2) is 5.09. The smallest absolute Gasteiger partial charge is 0.241 e. The van der Waals surface area contributed by atoms with Gasteiger partial charge in [0.05, 0.1) is 15.9 Å². The van der Waals surface area contributed by atoms with Crippen LogP contribution in [-0.2, 0) is 10.0 Å². The molecule has 4 nitrogen and oxygen atoms in total. The van der Waals surface area contributed by atoms with Crippen LogP contribution in [0, 0.1) is 0 Å². The fraction of sp³-hybridized carbons (Fsp3) is 0.222. The molecule has 1 unspecified atom stereocenters. The van der Waals surface area contributed by atoms with Gasteiger partial charge >= 0.3 is 0 Å². The molecule has 0 aliphatic rings. The Hall–Kier alpha value is -0.690. The number of rotatable bonds is 4. The second-order valence-corrected chi connectivity index (χ2v) is 5.82. The maximum atomic E-state index is 11.8. The minimum absolute atomic E-state index is 0.0949. The quantitative estimate of drug-likeness (QED) is 0.814. The third-order valence-electron chi connectivity index (χ3n) is 1.88. The van der Waals surface area contributed by atoms with Crippen molar-refractivity contribution in [2.24, 2.45) is 5.73 Å². The third-order valence-corrected chi connectivity index (χ3v) is 4.04. The monoisotopic (exact) mass is 278 g/mol. The summed E-state index contributed by atoms with van der Waals surface area (Å²) in [6, 6.07) is 5.24. The molecule has 0 heterocycles. The van der Waals surface area contributed by atoms with Gasteiger partial charge in [-0.2, -0.15) is 0 Å². The van der Waals surface area contributed by atoms with Gasteiger partial charge in [0, 0.05) is 5.02 Å². The highest BCUT2D eigenvalue weighted by atomic mass is 35.5. The van der Waals surface area contributed by atoms with Crippen molar-refractivity contribution < 1.29 is 8.42 Å². The van der Waals surface area contributed by atoms with Crippen molar-refractivity contribution in [3.8, 4) is 0 Å². The fourth-order valence-corrected chi connectivity index (χ4v) is 2.45. The first kappa shape index (κ1) is 13.4. The predicted octanol–water partition coefficient (Wildman–Crippen LogP) is 1.29. The van der Waals surface area contributed by atoms with Crippen molar-refractivity contribution in [2.45, 2.75) is 17.9 Å². The summed E-state index contributed by atoms with van der Waals surface area (Å²) in [5, 5.41) is 0.473. The van der Waals surface area contributed by atoms with Crippen LogP contribution >= 0.6 is 23.8 Å². The van der Waals surface area contributed by atoms with Crippen molar-refractivity contribution in [3.05, 3.63) is 29.3 Å². The summed E-state index contributed by atoms with van der Waals surface area (Å²) in [5.74, 6) is 0. The van der Waals surface area contributed by atoms with Gasteiger partial charge in [0.25, 0.3) is 0 Å². The first-order chi connectivity index (χ1) is 7.33. The van der Waals surface area contributed by atoms with Gasteiger partial charge in [-0.15, -0.1) is 0 Å². The number of thiocarbonyl (C=S) groups is 1. The van der Waals surface area contributed by atoms with Crippen LogP contribution < -0.4 is 10.5 Å². The average molecular weight is 279 g/mol. The molecule has 0 fully saturated rings. The molecule has 0 saturated heterocycles. The van der Waals surface area contributed by atoms with Gasteiger partial charge in [-0.1, -0.05) is 23.8 Å². The van der Waals surface area contributed by atoms with Gasteiger partial charge in [-0.3, -0.25) is 0 Å². The predicted molar refractivity (Wildman–Crippen MR) is 68.0 cm³/mol. The lowest BCUT2D eigenvalue weighted by Crippen LogP contribution is -2.41. The van der Waals surface area contributed by atoms with Crippen molar-refractivity contribution in [1.29, 1.82) is 0 Å². The highest BCUT2D eigenvalue weighted by molar-refractivity contribution is 7.89. The molecule has 1 aromatic rings. The zero-order chi connectivity index (χ0) is 12.3. The molecule has 7 heteroatoms. The van der Waals surface area contributed by atoms with Crippen LogP contribution in [0.25, 0.3) is 0 Å². The highest BCUT2D eigenvalue weighted by Crippen LogP contribution is 2.14. The second-order valence-electron chi connectivity index (χ2n) is 3.20. The lowest BCUT2D eigenvalue weighted by molar-refractivity contribution is 0.579. The molecule has 1 atom stereocenters. The Balaban J connectivity index is 2.94. The number of hydrogen-bond donors (Lipinski definition) is 2. The molecule has 16 heavy (non-hydrogen) atoms. The maximum absolute atomic E-state index is 11.8. The van der Waals surface area contributed by atoms with Crippen molar-refractivity contribution in [1.82, 2.24) is 4.72 Å². The fourth-order valence-electron chi connectivity index (χ4n) is 0.973. The van der Waals surface area contributed by atoms with Gasteiger partial charge < -0.3 is 5.73 Å². The molecule has 0 radical (unpaired) electrons. The Morgan fingerprint density at radius 2 is 1.94 bits per heavy atom. The molecule has 0 amide bonds. The molecule has 0 aliphatic carbocycles. The summed E-state index contributed by atoms with van der Waals surface area (Å²) in [6.07, 6.45) is 0. The van der Waals surface area contributed by atoms with Crippen LogP contribution in [0.2, 0.25) is 5.02 Å². The molecule has 0 bridgehead atoms. The highest BCUT2D eigenvalue weighted by Gasteiger charge is 2.18. The van der Waals surface area contributed by atoms with Gasteiger partial charge in [0.2, 0.25) is 10.0 Å². The first-order valence-electron chi connectivity index (χ1n) is 4.40. The Bertz CT molecular complexity index is 485. The van der Waals surface area contributed by atoms with Crippen molar-refractivity contribution >= 4 is 38.8 Å². The van der Waals surface area contributed by atoms with E-state index in [1.807, 2.05) is 0 Å². The summed E-state index contributed by atoms with van der Waals surface area (Å²) in [5.41, 5.74) is 5.33. The van der Waals surface area contributed by atoms with E-state index in [1.165, 1.54) is 24.3 Å². The summed E-state index contributed by atoms with van der Waals surface area (Å²) in [7, 11) is -3.60. The minimum atomic E-state index is -3.60. The number of benzene rings is 1. The summed E-state index contributed by atoms with van der Waals surface area (Å²) < 4.78 is 25.9. The van der Waals surface area contributed by atoms with E-state index in [0.717, 1.165) is 0 Å². The van der Waals surface area contributed by atoms with Gasteiger partial charge in [0.1, 0.15) is 0 Å². The average Bonchev–Trinajstić information content (AvgIpc) is 2.17. The van der Waals surface area contributed by atoms with E-state index in [-0.39, 0.29) is 9.88 Å². The number of halogens is 1. The van der Waals surface area contributed by atoms with Crippen LogP contribution in [-0.4, -0.2) is 19.4 Å². The van der Waals surface area contributed by atoms with E-state index in [2.05, 4.69) is 16.9 Å². The Labute approximate surface area is 105 Å². The number of hydrogen-bond acceptors (Lipinski definition) is 3. The molecule has 88 valence electrons. The van der Waals surface area contributed by atoms with Crippen LogP contribution in [0.4, 0.5) is 0 Å². The lowest BCUT2D eigenvalue weighted by Gasteiger charge is -2.12. The van der Waals surface area contributed by atoms with Crippen LogP contribution in [0.1, 0.15) is 6.92 Å². The molecular weight excluding hydrogens is 268 g/mol. The van der Waals surface area contributed by atoms with Crippen molar-refractivity contribution in [2.75, 3.05) is 0 Å². The van der Waals surface area contributed by atoms with Gasteiger partial charge in [-0.05, 0) is 31.2 Å². The van der Waals surface area contributed by atoms with Crippen LogP contribution in [0.15, 0.2) is 29.2 Å². The van der Waals surface area contributed by atoms with E-state index >= 15 is 0 Å². The molecule has 3 N–H and O–H groups in total. The van der Waals surface area contributed by atoms with E-state index in [9.17, 15) is 8.42 Å². The summed E-state index contributed by atoms with van der Waals surface area (Å²) >= 11 is 10.3. The van der Waals surface area contributed by atoms with Crippen LogP contribution in [0.5, 0.6) is 0 Å². The molecule has 1 aromatic carbocycles. The van der Waals surface area contributed by atoms with Crippen LogP contribution in [0.3, 0.4) is 0 Å². The Kier molecular flexibility index (Phi) is 4.26. The zero-order valence-electron chi connectivity index (χ0n) is 8.48. The molecule has 0 spiro atoms. The zero-order valence-corrected chi connectivity index (χ0v) is 10.9. The molecule has 1 rings (SSSR count). The van der Waals surface area contributed by atoms with Gasteiger partial charge in [-0.25, -0.2) is 13.1 Å². The SMILES string of the molecule is CC(NS(=O)(=O)c1ccc(Cl)cc1)C(N)=S. The number of sulfonamides is 1. The molecule has 0 aliphatic heterocycles. The summed E-state index contributed by atoms with van der Waals surface area (Å²) in [4.78, 5) is 0.220. The Morgan fingerprint density at radius 1 is 1.44 bits per heavy atom. The standard InChI is InChI=1S/C9H11ClN2O2S2/c1-6(9(11)15)12-16(13,14)8-4-2-7(10)3-5-8/h2-6,12H,1H3,(H2,11,15). The summed E-state index contributed by atoms with van der Waals surface area (Å²) in [6.45, 7) is 1.58. The topological polar surface area (TPSA) is 72.2 Å². The van der Waals surface area contributed by atoms with Gasteiger partial charge in [0.15, 0.2) is 0 Å². The largest absolute Gasteiger partial charge is 0.392 e. The minimum Gasteiger partial charge on any atom is -0.392 e. The normalized spacial score (nSPS) is 13.4. The van der Waals surface area contributed by atoms with E-state index < -0.39 is 16.1 Å². The van der Waals surface area contributed by atoms with E-state index in [4.69, 9.17) is 17.3 Å². The number of nitrogens with one attached hydrogen (secondary N) is 1. The lowest BCUT2D eigenvalue weighted by atomic mass is 10.4. The van der Waals surface area contributed by atoms with E-state index in [0.29, 0.717) is 5.02 Å². The third kappa shape index (κ3) is 3.41. The molecule has 0 saturated carbocycles. The van der Waals surface area contributed by atoms with Crippen molar-refractivity contribution in [3.63, 3.8) is 0 Å². The first-order valence-corrected chi connectivity index (χ1v) is 6.67. The molecule has 0 aromatic heterocycles. The van der Waals surface area contributed by atoms with E-state index in [1.54, 1.807) is 6.92 Å². The molecular formula is C9H11ClN2O2S2. The number of nitrogens with two attached hydrogens (primary N) is 1. The maximum Gasteiger partial charge on any atom is 0.241 e. The Morgan fingerprint density at radius 3 is 2.38 bits per heavy atom.